The predicted molar refractivity (Wildman–Crippen MR) is 75.8 cm³/mol. The topological polar surface area (TPSA) is 79.0 Å². The Kier molecular flexibility index (Phi) is 3.79. The molecule has 0 bridgehead atoms. The van der Waals surface area contributed by atoms with E-state index in [0.29, 0.717) is 0 Å². The minimum atomic E-state index is -0.685. The number of benzene rings is 1. The highest BCUT2D eigenvalue weighted by Gasteiger charge is 2.16. The van der Waals surface area contributed by atoms with Gasteiger partial charge >= 0.3 is 0 Å². The van der Waals surface area contributed by atoms with Gasteiger partial charge in [0, 0.05) is 29.6 Å². The molecule has 0 saturated carbocycles. The molecule has 5 nitrogen and oxygen atoms in total. The van der Waals surface area contributed by atoms with Gasteiger partial charge in [-0.3, -0.25) is 19.7 Å². The van der Waals surface area contributed by atoms with Crippen LogP contribution in [0.5, 0.6) is 0 Å². The molecule has 1 aromatic carbocycles. The van der Waals surface area contributed by atoms with Gasteiger partial charge in [-0.05, 0) is 19.1 Å². The summed E-state index contributed by atoms with van der Waals surface area (Å²) < 4.78 is 0. The Bertz CT molecular complexity index is 726. The summed E-state index contributed by atoms with van der Waals surface area (Å²) in [5.74, 6) is -1.58. The number of H-pyrrole nitrogens is 1. The molecule has 2 rings (SSSR count). The number of carbonyl (C=O) groups excluding carboxylic acids is 3. The van der Waals surface area contributed by atoms with E-state index in [0.717, 1.165) is 16.5 Å². The second kappa shape index (κ2) is 5.52. The second-order valence-corrected chi connectivity index (χ2v) is 4.41. The van der Waals surface area contributed by atoms with Gasteiger partial charge < -0.3 is 4.98 Å². The van der Waals surface area contributed by atoms with Crippen molar-refractivity contribution in [2.75, 3.05) is 0 Å². The first-order chi connectivity index (χ1) is 9.49. The molecule has 0 radical (unpaired) electrons. The van der Waals surface area contributed by atoms with Crippen LogP contribution in [0.3, 0.4) is 0 Å². The largest absolute Gasteiger partial charge is 0.361 e. The Balaban J connectivity index is 2.46. The van der Waals surface area contributed by atoms with Crippen molar-refractivity contribution in [3.63, 3.8) is 0 Å². The van der Waals surface area contributed by atoms with Crippen LogP contribution < -0.4 is 5.32 Å². The number of Topliss-reactive ketones (excluding diaryl/α,β-unsaturated/α-hetero) is 1. The Morgan fingerprint density at radius 1 is 1.15 bits per heavy atom. The van der Waals surface area contributed by atoms with Crippen LogP contribution in [0, 0.1) is 0 Å². The number of aromatic nitrogens is 1. The molecule has 102 valence electrons. The maximum Gasteiger partial charge on any atom is 0.261 e. The van der Waals surface area contributed by atoms with Crippen LogP contribution in [0.25, 0.3) is 17.0 Å². The average molecular weight is 270 g/mol. The van der Waals surface area contributed by atoms with E-state index >= 15 is 0 Å². The molecule has 0 aliphatic rings. The second-order valence-electron chi connectivity index (χ2n) is 4.41. The summed E-state index contributed by atoms with van der Waals surface area (Å²) in [6, 6.07) is 7.55. The number of aromatic amines is 1. The van der Waals surface area contributed by atoms with Crippen molar-refractivity contribution < 1.29 is 14.4 Å². The third-order valence-corrected chi connectivity index (χ3v) is 2.83. The number of fused-ring (bicyclic) bond motifs is 1. The first-order valence-corrected chi connectivity index (χ1v) is 6.09. The Morgan fingerprint density at radius 2 is 1.85 bits per heavy atom. The standard InChI is InChI=1S/C15H14N2O3/c1-9(18)13(15(20)17-10(2)19)7-11-8-16-14-6-4-3-5-12(11)14/h3-8,16H,1-2H3,(H,17,19,20)/b13-7+. The summed E-state index contributed by atoms with van der Waals surface area (Å²) in [4.78, 5) is 37.4. The Morgan fingerprint density at radius 3 is 2.50 bits per heavy atom. The van der Waals surface area contributed by atoms with Gasteiger partial charge in [-0.2, -0.15) is 0 Å². The lowest BCUT2D eigenvalue weighted by molar-refractivity contribution is -0.127. The maximum atomic E-state index is 11.8. The molecule has 0 aliphatic heterocycles. The van der Waals surface area contributed by atoms with Gasteiger partial charge in [0.25, 0.3) is 5.91 Å². The fourth-order valence-electron chi connectivity index (χ4n) is 1.92. The third-order valence-electron chi connectivity index (χ3n) is 2.83. The Hall–Kier alpha value is -2.69. The number of carbonyl (C=O) groups is 3. The number of nitrogens with one attached hydrogen (secondary N) is 2. The number of hydrogen-bond acceptors (Lipinski definition) is 3. The highest BCUT2D eigenvalue weighted by Crippen LogP contribution is 2.20. The van der Waals surface area contributed by atoms with Gasteiger partial charge in [0.15, 0.2) is 5.78 Å². The lowest BCUT2D eigenvalue weighted by atomic mass is 10.1. The summed E-state index contributed by atoms with van der Waals surface area (Å²) in [5.41, 5.74) is 1.59. The molecule has 1 aromatic heterocycles. The van der Waals surface area contributed by atoms with Crippen LogP contribution in [0.1, 0.15) is 19.4 Å². The molecule has 2 N–H and O–H groups in total. The smallest absolute Gasteiger partial charge is 0.261 e. The fraction of sp³-hybridized carbons (Fsp3) is 0.133. The number of amides is 2. The lowest BCUT2D eigenvalue weighted by Gasteiger charge is -2.03. The van der Waals surface area contributed by atoms with E-state index in [1.165, 1.54) is 19.9 Å². The minimum Gasteiger partial charge on any atom is -0.361 e. The van der Waals surface area contributed by atoms with E-state index < -0.39 is 17.6 Å². The van der Waals surface area contributed by atoms with Crippen LogP contribution in [0.15, 0.2) is 36.0 Å². The molecule has 2 amide bonds. The third kappa shape index (κ3) is 2.83. The molecule has 0 saturated heterocycles. The summed E-state index contributed by atoms with van der Waals surface area (Å²) in [7, 11) is 0. The minimum absolute atomic E-state index is 0.0510. The normalized spacial score (nSPS) is 11.4. The van der Waals surface area contributed by atoms with Crippen LogP contribution in [0.2, 0.25) is 0 Å². The van der Waals surface area contributed by atoms with Crippen molar-refractivity contribution >= 4 is 34.6 Å². The molecule has 20 heavy (non-hydrogen) atoms. The summed E-state index contributed by atoms with van der Waals surface area (Å²) in [6.07, 6.45) is 3.20. The zero-order valence-corrected chi connectivity index (χ0v) is 11.2. The van der Waals surface area contributed by atoms with Crippen molar-refractivity contribution in [1.29, 1.82) is 0 Å². The van der Waals surface area contributed by atoms with E-state index in [4.69, 9.17) is 0 Å². The van der Waals surface area contributed by atoms with Gasteiger partial charge in [-0.15, -0.1) is 0 Å². The van der Waals surface area contributed by atoms with E-state index in [-0.39, 0.29) is 5.57 Å². The summed E-state index contributed by atoms with van der Waals surface area (Å²) in [5, 5.41) is 3.01. The van der Waals surface area contributed by atoms with Crippen LogP contribution >= 0.6 is 0 Å². The predicted octanol–water partition coefficient (Wildman–Crippen LogP) is 1.80. The quantitative estimate of drug-likeness (QED) is 0.507. The van der Waals surface area contributed by atoms with Gasteiger partial charge in [-0.1, -0.05) is 18.2 Å². The van der Waals surface area contributed by atoms with Gasteiger partial charge in [-0.25, -0.2) is 0 Å². The highest BCUT2D eigenvalue weighted by molar-refractivity contribution is 6.24. The first kappa shape index (κ1) is 13.7. The molecule has 0 fully saturated rings. The SMILES string of the molecule is CC(=O)NC(=O)/C(=C/c1c[nH]c2ccccc12)C(C)=O. The van der Waals surface area contributed by atoms with Crippen molar-refractivity contribution in [2.24, 2.45) is 0 Å². The molecular weight excluding hydrogens is 256 g/mol. The molecule has 5 heteroatoms. The van der Waals surface area contributed by atoms with Gasteiger partial charge in [0.1, 0.15) is 0 Å². The lowest BCUT2D eigenvalue weighted by Crippen LogP contribution is -2.31. The van der Waals surface area contributed by atoms with Crippen molar-refractivity contribution in [3.05, 3.63) is 41.6 Å². The monoisotopic (exact) mass is 270 g/mol. The average Bonchev–Trinajstić information content (AvgIpc) is 2.77. The van der Waals surface area contributed by atoms with E-state index in [1.54, 1.807) is 6.20 Å². The van der Waals surface area contributed by atoms with E-state index in [2.05, 4.69) is 10.3 Å². The number of rotatable bonds is 3. The molecule has 0 unspecified atom stereocenters. The van der Waals surface area contributed by atoms with Crippen LogP contribution in [-0.2, 0) is 14.4 Å². The zero-order chi connectivity index (χ0) is 14.7. The van der Waals surface area contributed by atoms with E-state index in [9.17, 15) is 14.4 Å². The first-order valence-electron chi connectivity index (χ1n) is 6.09. The number of ketones is 1. The number of hydrogen-bond donors (Lipinski definition) is 2. The molecule has 0 spiro atoms. The van der Waals surface area contributed by atoms with Crippen LogP contribution in [0.4, 0.5) is 0 Å². The van der Waals surface area contributed by atoms with Crippen LogP contribution in [-0.4, -0.2) is 22.6 Å². The molecule has 0 atom stereocenters. The van der Waals surface area contributed by atoms with Gasteiger partial charge in [0.05, 0.1) is 5.57 Å². The van der Waals surface area contributed by atoms with Gasteiger partial charge in [0.2, 0.25) is 5.91 Å². The molecule has 2 aromatic rings. The van der Waals surface area contributed by atoms with Crippen molar-refractivity contribution in [2.45, 2.75) is 13.8 Å². The molecule has 0 aliphatic carbocycles. The van der Waals surface area contributed by atoms with Crippen molar-refractivity contribution in [3.8, 4) is 0 Å². The van der Waals surface area contributed by atoms with Crippen molar-refractivity contribution in [1.82, 2.24) is 10.3 Å². The fourth-order valence-corrected chi connectivity index (χ4v) is 1.92. The number of para-hydroxylation sites is 1. The summed E-state index contributed by atoms with van der Waals surface area (Å²) in [6.45, 7) is 2.52. The molecular formula is C15H14N2O3. The Labute approximate surface area is 115 Å². The summed E-state index contributed by atoms with van der Waals surface area (Å²) >= 11 is 0. The zero-order valence-electron chi connectivity index (χ0n) is 11.2. The molecule has 1 heterocycles. The highest BCUT2D eigenvalue weighted by atomic mass is 16.2. The maximum absolute atomic E-state index is 11.8. The van der Waals surface area contributed by atoms with E-state index in [1.807, 2.05) is 24.3 Å². The number of imide groups is 1.